The third kappa shape index (κ3) is 2.63. The first-order valence-electron chi connectivity index (χ1n) is 7.55. The van der Waals surface area contributed by atoms with Crippen LogP contribution in [0.25, 0.3) is 0 Å². The molecule has 0 radical (unpaired) electrons. The number of nitrogens with two attached hydrogens (primary N) is 1. The number of benzene rings is 1. The molecule has 2 atom stereocenters. The van der Waals surface area contributed by atoms with E-state index in [0.29, 0.717) is 23.2 Å². The summed E-state index contributed by atoms with van der Waals surface area (Å²) in [5, 5.41) is 13.4. The number of anilines is 1. The molecule has 3 rings (SSSR count). The first-order chi connectivity index (χ1) is 11.4. The molecule has 2 amide bonds. The average Bonchev–Trinajstić information content (AvgIpc) is 2.93. The molecule has 126 valence electrons. The van der Waals surface area contributed by atoms with Crippen LogP contribution in [0.1, 0.15) is 22.3 Å². The molecule has 0 bridgehead atoms. The van der Waals surface area contributed by atoms with Crippen molar-refractivity contribution < 1.29 is 19.4 Å². The molecular weight excluding hydrogens is 310 g/mol. The molecule has 1 aromatic carbocycles. The number of ether oxygens (including phenoxy) is 1. The summed E-state index contributed by atoms with van der Waals surface area (Å²) in [6.45, 7) is 1.77. The fourth-order valence-electron chi connectivity index (χ4n) is 3.04. The van der Waals surface area contributed by atoms with Gasteiger partial charge in [0.25, 0.3) is 5.91 Å². The van der Waals surface area contributed by atoms with Gasteiger partial charge in [0.1, 0.15) is 12.0 Å². The third-order valence-electron chi connectivity index (χ3n) is 4.30. The van der Waals surface area contributed by atoms with Crippen molar-refractivity contribution in [2.24, 2.45) is 5.73 Å². The average molecular weight is 329 g/mol. The number of aryl methyl sites for hydroxylation is 1. The number of nitrogens with one attached hydrogen (secondary N) is 1. The van der Waals surface area contributed by atoms with Crippen molar-refractivity contribution in [1.82, 2.24) is 4.90 Å². The van der Waals surface area contributed by atoms with Gasteiger partial charge in [0, 0.05) is 19.4 Å². The minimum atomic E-state index is -0.545. The SMILES string of the molecule is CO[C@@H]1Nc2c(ccc(C)c2O)C(=O)N2C=C(/C=C\C(N)=O)C[C@@H]12. The van der Waals surface area contributed by atoms with Crippen LogP contribution < -0.4 is 11.1 Å². The van der Waals surface area contributed by atoms with Crippen LogP contribution >= 0.6 is 0 Å². The molecule has 7 nitrogen and oxygen atoms in total. The number of fused-ring (bicyclic) bond motifs is 2. The van der Waals surface area contributed by atoms with E-state index in [-0.39, 0.29) is 17.7 Å². The highest BCUT2D eigenvalue weighted by atomic mass is 16.5. The van der Waals surface area contributed by atoms with Gasteiger partial charge in [0.2, 0.25) is 5.91 Å². The van der Waals surface area contributed by atoms with E-state index in [1.807, 2.05) is 0 Å². The van der Waals surface area contributed by atoms with Crippen molar-refractivity contribution in [3.05, 3.63) is 47.2 Å². The maximum absolute atomic E-state index is 12.9. The van der Waals surface area contributed by atoms with Gasteiger partial charge in [-0.2, -0.15) is 0 Å². The second-order valence-electron chi connectivity index (χ2n) is 5.88. The standard InChI is InChI=1S/C17H19N3O4/c1-9-3-5-11-14(15(9)22)19-16(24-2)12-7-10(4-6-13(18)21)8-20(12)17(11)23/h3-6,8,12,16,19,22H,7H2,1-2H3,(H2,18,21)/b6-4-/t12-,16-/m0/s1. The minimum absolute atomic E-state index is 0.0434. The van der Waals surface area contributed by atoms with Crippen molar-refractivity contribution >= 4 is 17.5 Å². The number of rotatable bonds is 3. The first kappa shape index (κ1) is 16.1. The lowest BCUT2D eigenvalue weighted by Crippen LogP contribution is -2.43. The fourth-order valence-corrected chi connectivity index (χ4v) is 3.04. The van der Waals surface area contributed by atoms with Gasteiger partial charge in [0.15, 0.2) is 0 Å². The largest absolute Gasteiger partial charge is 0.505 e. The van der Waals surface area contributed by atoms with E-state index < -0.39 is 12.1 Å². The molecule has 0 aromatic heterocycles. The summed E-state index contributed by atoms with van der Waals surface area (Å²) in [6.07, 6.45) is 4.56. The highest BCUT2D eigenvalue weighted by molar-refractivity contribution is 6.03. The van der Waals surface area contributed by atoms with Crippen LogP contribution in [-0.4, -0.2) is 41.2 Å². The number of carbonyl (C=O) groups is 2. The number of carbonyl (C=O) groups excluding carboxylic acids is 2. The molecule has 24 heavy (non-hydrogen) atoms. The van der Waals surface area contributed by atoms with E-state index in [2.05, 4.69) is 5.32 Å². The number of hydrogen-bond donors (Lipinski definition) is 3. The lowest BCUT2D eigenvalue weighted by Gasteiger charge is -2.27. The van der Waals surface area contributed by atoms with Gasteiger partial charge in [-0.1, -0.05) is 12.1 Å². The molecule has 7 heteroatoms. The molecule has 0 aliphatic carbocycles. The zero-order chi connectivity index (χ0) is 17.4. The second kappa shape index (κ2) is 6.01. The number of phenolic OH excluding ortho intramolecular Hbond substituents is 1. The number of nitrogens with zero attached hydrogens (tertiary/aromatic N) is 1. The zero-order valence-electron chi connectivity index (χ0n) is 13.4. The van der Waals surface area contributed by atoms with Gasteiger partial charge in [-0.05, 0) is 30.5 Å². The van der Waals surface area contributed by atoms with Crippen LogP contribution in [0.2, 0.25) is 0 Å². The topological polar surface area (TPSA) is 105 Å². The highest BCUT2D eigenvalue weighted by Crippen LogP contribution is 2.38. The second-order valence-corrected chi connectivity index (χ2v) is 5.88. The number of methoxy groups -OCH3 is 1. The monoisotopic (exact) mass is 329 g/mol. The molecule has 2 aliphatic heterocycles. The van der Waals surface area contributed by atoms with Gasteiger partial charge in [-0.3, -0.25) is 9.59 Å². The van der Waals surface area contributed by atoms with Crippen LogP contribution in [0.15, 0.2) is 36.1 Å². The van der Waals surface area contributed by atoms with E-state index in [0.717, 1.165) is 5.57 Å². The minimum Gasteiger partial charge on any atom is -0.505 e. The van der Waals surface area contributed by atoms with Gasteiger partial charge in [0.05, 0.1) is 17.3 Å². The summed E-state index contributed by atoms with van der Waals surface area (Å²) >= 11 is 0. The maximum Gasteiger partial charge on any atom is 0.260 e. The Bertz CT molecular complexity index is 769. The van der Waals surface area contributed by atoms with E-state index in [4.69, 9.17) is 10.5 Å². The maximum atomic E-state index is 12.9. The normalized spacial score (nSPS) is 22.7. The van der Waals surface area contributed by atoms with Gasteiger partial charge in [-0.25, -0.2) is 0 Å². The summed E-state index contributed by atoms with van der Waals surface area (Å²) < 4.78 is 5.49. The van der Waals surface area contributed by atoms with E-state index in [9.17, 15) is 14.7 Å². The van der Waals surface area contributed by atoms with Gasteiger partial charge >= 0.3 is 0 Å². The lowest BCUT2D eigenvalue weighted by molar-refractivity contribution is -0.113. The Morgan fingerprint density at radius 1 is 1.50 bits per heavy atom. The van der Waals surface area contributed by atoms with Crippen molar-refractivity contribution in [1.29, 1.82) is 0 Å². The summed E-state index contributed by atoms with van der Waals surface area (Å²) in [4.78, 5) is 25.4. The van der Waals surface area contributed by atoms with Crippen molar-refractivity contribution in [3.8, 4) is 5.75 Å². The zero-order valence-corrected chi connectivity index (χ0v) is 13.4. The summed E-state index contributed by atoms with van der Waals surface area (Å²) in [5.41, 5.74) is 7.35. The smallest absolute Gasteiger partial charge is 0.260 e. The van der Waals surface area contributed by atoms with Crippen molar-refractivity contribution in [3.63, 3.8) is 0 Å². The van der Waals surface area contributed by atoms with Crippen molar-refractivity contribution in [2.75, 3.05) is 12.4 Å². The number of amides is 2. The predicted octanol–water partition coefficient (Wildman–Crippen LogP) is 1.24. The van der Waals surface area contributed by atoms with Crippen LogP contribution in [0.4, 0.5) is 5.69 Å². The van der Waals surface area contributed by atoms with Crippen molar-refractivity contribution in [2.45, 2.75) is 25.6 Å². The van der Waals surface area contributed by atoms with Crippen LogP contribution in [0, 0.1) is 6.92 Å². The Labute approximate surface area is 139 Å². The number of allylic oxidation sites excluding steroid dienone is 1. The Kier molecular flexibility index (Phi) is 4.02. The van der Waals surface area contributed by atoms with Crippen LogP contribution in [0.5, 0.6) is 5.75 Å². The van der Waals surface area contributed by atoms with E-state index >= 15 is 0 Å². The Balaban J connectivity index is 2.04. The lowest BCUT2D eigenvalue weighted by atomic mass is 10.1. The third-order valence-corrected chi connectivity index (χ3v) is 4.30. The number of primary amides is 1. The van der Waals surface area contributed by atoms with E-state index in [1.165, 1.54) is 13.2 Å². The quantitative estimate of drug-likeness (QED) is 0.571. The molecule has 2 heterocycles. The van der Waals surface area contributed by atoms with Gasteiger partial charge < -0.3 is 25.8 Å². The predicted molar refractivity (Wildman–Crippen MR) is 88.3 cm³/mol. The summed E-state index contributed by atoms with van der Waals surface area (Å²) in [7, 11) is 1.54. The Morgan fingerprint density at radius 2 is 2.25 bits per heavy atom. The van der Waals surface area contributed by atoms with Gasteiger partial charge in [-0.15, -0.1) is 0 Å². The molecule has 0 fully saturated rings. The molecule has 0 unspecified atom stereocenters. The summed E-state index contributed by atoms with van der Waals surface area (Å²) in [6, 6.07) is 3.09. The highest BCUT2D eigenvalue weighted by Gasteiger charge is 2.40. The number of phenols is 1. The molecule has 0 saturated carbocycles. The number of aromatic hydroxyl groups is 1. The molecular formula is C17H19N3O4. The summed E-state index contributed by atoms with van der Waals surface area (Å²) in [5.74, 6) is -0.738. The first-order valence-corrected chi connectivity index (χ1v) is 7.55. The number of hydrogen-bond acceptors (Lipinski definition) is 5. The Morgan fingerprint density at radius 3 is 2.92 bits per heavy atom. The molecule has 1 aromatic rings. The molecule has 0 spiro atoms. The Hall–Kier alpha value is -2.80. The van der Waals surface area contributed by atoms with Crippen LogP contribution in [-0.2, 0) is 9.53 Å². The fraction of sp³-hybridized carbons (Fsp3) is 0.294. The molecule has 2 aliphatic rings. The van der Waals surface area contributed by atoms with E-state index in [1.54, 1.807) is 36.2 Å². The van der Waals surface area contributed by atoms with Crippen LogP contribution in [0.3, 0.4) is 0 Å². The molecule has 0 saturated heterocycles. The molecule has 4 N–H and O–H groups in total.